The maximum atomic E-state index is 12.4. The summed E-state index contributed by atoms with van der Waals surface area (Å²) < 4.78 is 0. The Morgan fingerprint density at radius 3 is 2.84 bits per heavy atom. The zero-order valence-electron chi connectivity index (χ0n) is 14.6. The second-order valence-corrected chi connectivity index (χ2v) is 7.02. The third-order valence-electron chi connectivity index (χ3n) is 4.95. The number of nitrogens with one attached hydrogen (secondary N) is 1. The first kappa shape index (κ1) is 15.9. The third-order valence-corrected chi connectivity index (χ3v) is 4.95. The summed E-state index contributed by atoms with van der Waals surface area (Å²) >= 11 is 0. The molecule has 0 saturated carbocycles. The van der Waals surface area contributed by atoms with E-state index in [9.17, 15) is 4.79 Å². The Kier molecular flexibility index (Phi) is 4.02. The Balaban J connectivity index is 1.76. The van der Waals surface area contributed by atoms with Crippen molar-refractivity contribution >= 4 is 17.2 Å². The Morgan fingerprint density at radius 2 is 2.00 bits per heavy atom. The van der Waals surface area contributed by atoms with E-state index >= 15 is 0 Å². The summed E-state index contributed by atoms with van der Waals surface area (Å²) in [6, 6.07) is 7.88. The number of benzene rings is 1. The molecule has 1 aliphatic heterocycles. The third kappa shape index (κ3) is 2.92. The van der Waals surface area contributed by atoms with Crippen molar-refractivity contribution in [2.24, 2.45) is 11.8 Å². The Hall–Kier alpha value is -2.65. The highest BCUT2D eigenvalue weighted by Gasteiger charge is 2.32. The molecule has 1 aromatic carbocycles. The molecule has 2 aliphatic carbocycles. The zero-order chi connectivity index (χ0) is 17.4. The van der Waals surface area contributed by atoms with Gasteiger partial charge in [0.15, 0.2) is 0 Å². The molecule has 0 spiro atoms. The highest BCUT2D eigenvalue weighted by atomic mass is 16.2. The van der Waals surface area contributed by atoms with Crippen molar-refractivity contribution < 1.29 is 4.79 Å². The number of para-hydroxylation sites is 1. The van der Waals surface area contributed by atoms with E-state index < -0.39 is 0 Å². The topological polar surface area (TPSA) is 32.3 Å². The summed E-state index contributed by atoms with van der Waals surface area (Å²) in [5, 5.41) is 2.96. The quantitative estimate of drug-likeness (QED) is 0.855. The first-order chi connectivity index (χ1) is 12.1. The van der Waals surface area contributed by atoms with Crippen molar-refractivity contribution in [3.63, 3.8) is 0 Å². The summed E-state index contributed by atoms with van der Waals surface area (Å²) in [6.45, 7) is 0.988. The number of allylic oxidation sites excluding steroid dienone is 8. The lowest BCUT2D eigenvalue weighted by molar-refractivity contribution is -0.110. The van der Waals surface area contributed by atoms with Gasteiger partial charge in [-0.3, -0.25) is 4.79 Å². The first-order valence-corrected chi connectivity index (χ1v) is 8.68. The van der Waals surface area contributed by atoms with Gasteiger partial charge < -0.3 is 10.2 Å². The average molecular weight is 330 g/mol. The fourth-order valence-electron chi connectivity index (χ4n) is 3.87. The molecule has 0 aromatic heterocycles. The van der Waals surface area contributed by atoms with Crippen molar-refractivity contribution in [3.8, 4) is 0 Å². The molecule has 3 aliphatic rings. The number of anilines is 1. The van der Waals surface area contributed by atoms with Crippen LogP contribution in [0.1, 0.15) is 5.56 Å². The number of rotatable bonds is 3. The molecule has 3 nitrogen and oxygen atoms in total. The van der Waals surface area contributed by atoms with Gasteiger partial charge in [0, 0.05) is 35.2 Å². The number of fused-ring (bicyclic) bond motifs is 2. The van der Waals surface area contributed by atoms with E-state index in [2.05, 4.69) is 66.8 Å². The number of hydrogen-bond donors (Lipinski definition) is 1. The van der Waals surface area contributed by atoms with Gasteiger partial charge in [-0.2, -0.15) is 0 Å². The fraction of sp³-hybridized carbons (Fsp3) is 0.227. The predicted molar refractivity (Wildman–Crippen MR) is 103 cm³/mol. The van der Waals surface area contributed by atoms with Crippen LogP contribution in [0, 0.1) is 11.8 Å². The smallest absolute Gasteiger partial charge is 0.256 e. The van der Waals surface area contributed by atoms with Crippen molar-refractivity contribution in [3.05, 3.63) is 83.5 Å². The minimum Gasteiger partial charge on any atom is -0.321 e. The number of carbonyl (C=O) groups is 1. The van der Waals surface area contributed by atoms with Gasteiger partial charge in [-0.25, -0.2) is 0 Å². The molecule has 0 bridgehead atoms. The first-order valence-electron chi connectivity index (χ1n) is 8.68. The normalized spacial score (nSPS) is 25.6. The Labute approximate surface area is 148 Å². The summed E-state index contributed by atoms with van der Waals surface area (Å²) in [5.74, 6) is 0.767. The van der Waals surface area contributed by atoms with Gasteiger partial charge in [0.1, 0.15) is 0 Å². The maximum absolute atomic E-state index is 12.4. The minimum absolute atomic E-state index is 0.0185. The molecule has 126 valence electrons. The molecule has 3 heteroatoms. The van der Waals surface area contributed by atoms with Gasteiger partial charge in [0.2, 0.25) is 0 Å². The molecule has 0 radical (unpaired) electrons. The summed E-state index contributed by atoms with van der Waals surface area (Å²) in [4.78, 5) is 14.7. The lowest BCUT2D eigenvalue weighted by Crippen LogP contribution is -2.23. The molecule has 2 unspecified atom stereocenters. The Morgan fingerprint density at radius 1 is 1.16 bits per heavy atom. The van der Waals surface area contributed by atoms with E-state index in [0.29, 0.717) is 11.8 Å². The van der Waals surface area contributed by atoms with E-state index in [-0.39, 0.29) is 5.91 Å². The molecule has 2 atom stereocenters. The van der Waals surface area contributed by atoms with Crippen LogP contribution in [0.3, 0.4) is 0 Å². The van der Waals surface area contributed by atoms with Crippen LogP contribution in [0.5, 0.6) is 0 Å². The molecule has 1 amide bonds. The van der Waals surface area contributed by atoms with Gasteiger partial charge in [0.05, 0.1) is 0 Å². The van der Waals surface area contributed by atoms with Crippen molar-refractivity contribution in [2.45, 2.75) is 0 Å². The van der Waals surface area contributed by atoms with E-state index in [1.54, 1.807) is 0 Å². The lowest BCUT2D eigenvalue weighted by Gasteiger charge is -2.20. The van der Waals surface area contributed by atoms with Gasteiger partial charge >= 0.3 is 0 Å². The van der Waals surface area contributed by atoms with Crippen LogP contribution >= 0.6 is 0 Å². The van der Waals surface area contributed by atoms with Crippen LogP contribution in [0.25, 0.3) is 5.57 Å². The largest absolute Gasteiger partial charge is 0.321 e. The van der Waals surface area contributed by atoms with Gasteiger partial charge in [-0.05, 0) is 37.4 Å². The summed E-state index contributed by atoms with van der Waals surface area (Å²) in [5.41, 5.74) is 5.09. The van der Waals surface area contributed by atoms with Gasteiger partial charge in [-0.15, -0.1) is 0 Å². The highest BCUT2D eigenvalue weighted by molar-refractivity contribution is 6.32. The van der Waals surface area contributed by atoms with E-state index in [1.807, 2.05) is 24.3 Å². The highest BCUT2D eigenvalue weighted by Crippen LogP contribution is 2.41. The van der Waals surface area contributed by atoms with E-state index in [4.69, 9.17) is 0 Å². The van der Waals surface area contributed by atoms with E-state index in [1.165, 1.54) is 5.57 Å². The van der Waals surface area contributed by atoms with E-state index in [0.717, 1.165) is 28.9 Å². The number of nitrogens with zero attached hydrogens (tertiary/aromatic N) is 1. The van der Waals surface area contributed by atoms with Crippen molar-refractivity contribution in [1.82, 2.24) is 4.90 Å². The Bertz CT molecular complexity index is 868. The molecular formula is C22H22N2O. The fourth-order valence-corrected chi connectivity index (χ4v) is 3.87. The molecule has 1 aromatic rings. The molecular weight excluding hydrogens is 308 g/mol. The zero-order valence-corrected chi connectivity index (χ0v) is 14.6. The van der Waals surface area contributed by atoms with Crippen LogP contribution in [-0.4, -0.2) is 31.4 Å². The lowest BCUT2D eigenvalue weighted by atomic mass is 9.90. The van der Waals surface area contributed by atoms with Crippen LogP contribution in [0.2, 0.25) is 0 Å². The second-order valence-electron chi connectivity index (χ2n) is 7.02. The standard InChI is InChI=1S/C22H22N2O/c1-24(2)14-16-12-15(17-8-4-3-5-9-18(16)17)13-20-19-10-6-7-11-21(19)23-22(20)25/h3-13,16,18H,14H2,1-2H3,(H,23,25)/b20-13-. The average Bonchev–Trinajstić information content (AvgIpc) is 2.93. The monoisotopic (exact) mass is 330 g/mol. The van der Waals surface area contributed by atoms with Crippen LogP contribution in [0.4, 0.5) is 5.69 Å². The molecule has 0 fully saturated rings. The predicted octanol–water partition coefficient (Wildman–Crippen LogP) is 3.81. The number of carbonyl (C=O) groups excluding carboxylic acids is 1. The van der Waals surface area contributed by atoms with Crippen molar-refractivity contribution in [1.29, 1.82) is 0 Å². The summed E-state index contributed by atoms with van der Waals surface area (Å²) in [6.07, 6.45) is 15.1. The molecule has 1 N–H and O–H groups in total. The number of amides is 1. The molecule has 0 saturated heterocycles. The molecule has 4 rings (SSSR count). The molecule has 25 heavy (non-hydrogen) atoms. The summed E-state index contributed by atoms with van der Waals surface area (Å²) in [7, 11) is 4.21. The molecule has 1 heterocycles. The van der Waals surface area contributed by atoms with Crippen LogP contribution < -0.4 is 5.32 Å². The number of hydrogen-bond acceptors (Lipinski definition) is 2. The van der Waals surface area contributed by atoms with Gasteiger partial charge in [0.25, 0.3) is 5.91 Å². The van der Waals surface area contributed by atoms with Crippen LogP contribution in [0.15, 0.2) is 77.9 Å². The maximum Gasteiger partial charge on any atom is 0.256 e. The second kappa shape index (κ2) is 6.34. The SMILES string of the molecule is CN(C)CC1C=C(/C=C2\C(=O)Nc3ccccc32)C2=CC=CC=CC21. The van der Waals surface area contributed by atoms with Gasteiger partial charge in [-0.1, -0.05) is 54.7 Å². The minimum atomic E-state index is -0.0185. The van der Waals surface area contributed by atoms with Crippen LogP contribution in [-0.2, 0) is 4.79 Å². The van der Waals surface area contributed by atoms with Crippen molar-refractivity contribution in [2.75, 3.05) is 26.0 Å².